The van der Waals surface area contributed by atoms with Crippen LogP contribution in [0.5, 0.6) is 0 Å². The first-order valence-electron chi connectivity index (χ1n) is 10.8. The molecule has 2 aliphatic rings. The maximum Gasteiger partial charge on any atom is 0.417 e. The largest absolute Gasteiger partial charge is 0.461 e. The van der Waals surface area contributed by atoms with Crippen LogP contribution in [0.2, 0.25) is 0 Å². The Kier molecular flexibility index (Phi) is 7.06. The average molecular weight is 447 g/mol. The molecule has 0 N–H and O–H groups in total. The Morgan fingerprint density at radius 2 is 1.75 bits per heavy atom. The normalized spacial score (nSPS) is 18.3. The van der Waals surface area contributed by atoms with E-state index in [1.54, 1.807) is 25.7 Å². The average Bonchev–Trinajstić information content (AvgIpc) is 2.71. The van der Waals surface area contributed by atoms with Crippen LogP contribution in [0.3, 0.4) is 0 Å². The van der Waals surface area contributed by atoms with Crippen LogP contribution in [0, 0.1) is 0 Å². The summed E-state index contributed by atoms with van der Waals surface area (Å²) in [6.45, 7) is 6.10. The van der Waals surface area contributed by atoms with Crippen LogP contribution in [0.25, 0.3) is 0 Å². The molecule has 2 aliphatic heterocycles. The van der Waals surface area contributed by atoms with Crippen LogP contribution in [0.15, 0.2) is 30.3 Å². The van der Waals surface area contributed by atoms with Crippen molar-refractivity contribution in [1.29, 1.82) is 0 Å². The van der Waals surface area contributed by atoms with Gasteiger partial charge in [-0.3, -0.25) is 9.59 Å². The summed E-state index contributed by atoms with van der Waals surface area (Å²) in [5.74, 6) is -0.886. The van der Waals surface area contributed by atoms with Crippen molar-refractivity contribution in [2.45, 2.75) is 64.3 Å². The highest BCUT2D eigenvalue weighted by Crippen LogP contribution is 2.35. The Morgan fingerprint density at radius 1 is 1.09 bits per heavy atom. The number of ether oxygens (including phenoxy) is 3. The van der Waals surface area contributed by atoms with Gasteiger partial charge in [0.25, 0.3) is 0 Å². The third-order valence-electron chi connectivity index (χ3n) is 5.41. The number of hydrogen-bond donors (Lipinski definition) is 0. The second kappa shape index (κ2) is 9.58. The van der Waals surface area contributed by atoms with Gasteiger partial charge in [-0.05, 0) is 26.3 Å². The zero-order chi connectivity index (χ0) is 23.4. The van der Waals surface area contributed by atoms with Gasteiger partial charge in [0, 0.05) is 32.5 Å². The molecule has 9 heteroatoms. The molecule has 2 heterocycles. The molecule has 3 rings (SSSR count). The summed E-state index contributed by atoms with van der Waals surface area (Å²) in [4.78, 5) is 51.9. The molecule has 0 atom stereocenters. The lowest BCUT2D eigenvalue weighted by atomic mass is 9.86. The molecule has 1 aromatic carbocycles. The van der Waals surface area contributed by atoms with Crippen LogP contribution < -0.4 is 0 Å². The summed E-state index contributed by atoms with van der Waals surface area (Å²) < 4.78 is 16.2. The minimum absolute atomic E-state index is 0.0277. The van der Waals surface area contributed by atoms with Crippen molar-refractivity contribution in [1.82, 2.24) is 9.80 Å². The number of imide groups is 1. The number of carbonyl (C=O) groups is 4. The molecular weight excluding hydrogens is 416 g/mol. The maximum atomic E-state index is 12.6. The third kappa shape index (κ3) is 6.21. The molecule has 3 amide bonds. The number of esters is 1. The Bertz CT molecular complexity index is 835. The Hall–Kier alpha value is -3.10. The van der Waals surface area contributed by atoms with Gasteiger partial charge in [-0.2, -0.15) is 0 Å². The van der Waals surface area contributed by atoms with E-state index in [0.29, 0.717) is 25.9 Å². The molecule has 0 radical (unpaired) electrons. The molecule has 9 nitrogen and oxygen atoms in total. The molecule has 0 bridgehead atoms. The molecule has 0 saturated carbocycles. The van der Waals surface area contributed by atoms with Gasteiger partial charge >= 0.3 is 18.2 Å². The summed E-state index contributed by atoms with van der Waals surface area (Å²) in [7, 11) is 0. The smallest absolute Gasteiger partial charge is 0.417 e. The highest BCUT2D eigenvalue weighted by Gasteiger charge is 2.48. The molecule has 2 saturated heterocycles. The number of rotatable bonds is 5. The van der Waals surface area contributed by atoms with Crippen molar-refractivity contribution >= 4 is 24.1 Å². The second-order valence-corrected chi connectivity index (χ2v) is 9.14. The molecule has 0 unspecified atom stereocenters. The first-order chi connectivity index (χ1) is 15.1. The van der Waals surface area contributed by atoms with Gasteiger partial charge in [0.1, 0.15) is 17.8 Å². The summed E-state index contributed by atoms with van der Waals surface area (Å²) in [6, 6.07) is 9.24. The van der Waals surface area contributed by atoms with Crippen molar-refractivity contribution in [3.8, 4) is 0 Å². The number of carbonyl (C=O) groups excluding carboxylic acids is 4. The number of nitrogens with zero attached hydrogens (tertiary/aromatic N) is 2. The summed E-state index contributed by atoms with van der Waals surface area (Å²) in [5, 5.41) is 0. The second-order valence-electron chi connectivity index (χ2n) is 9.14. The number of hydrogen-bond acceptors (Lipinski definition) is 7. The van der Waals surface area contributed by atoms with Gasteiger partial charge < -0.3 is 19.1 Å². The summed E-state index contributed by atoms with van der Waals surface area (Å²) in [6.07, 6.45) is -0.542. The van der Waals surface area contributed by atoms with Gasteiger partial charge in [0.05, 0.1) is 12.8 Å². The van der Waals surface area contributed by atoms with Crippen molar-refractivity contribution in [2.24, 2.45) is 0 Å². The number of amides is 3. The van der Waals surface area contributed by atoms with E-state index in [1.807, 2.05) is 30.3 Å². The monoisotopic (exact) mass is 446 g/mol. The zero-order valence-corrected chi connectivity index (χ0v) is 18.8. The number of likely N-dealkylation sites (tertiary alicyclic amines) is 1. The minimum atomic E-state index is -0.920. The van der Waals surface area contributed by atoms with Crippen LogP contribution >= 0.6 is 0 Å². The number of piperidine rings is 1. The van der Waals surface area contributed by atoms with Crippen molar-refractivity contribution in [3.05, 3.63) is 35.9 Å². The lowest BCUT2D eigenvalue weighted by molar-refractivity contribution is -0.150. The zero-order valence-electron chi connectivity index (χ0n) is 18.8. The van der Waals surface area contributed by atoms with Gasteiger partial charge in [0.15, 0.2) is 0 Å². The maximum absolute atomic E-state index is 12.6. The molecule has 174 valence electrons. The van der Waals surface area contributed by atoms with E-state index in [4.69, 9.17) is 14.2 Å². The van der Waals surface area contributed by atoms with Crippen LogP contribution in [0.4, 0.5) is 9.59 Å². The predicted octanol–water partition coefficient (Wildman–Crippen LogP) is 3.26. The van der Waals surface area contributed by atoms with Crippen molar-refractivity contribution < 1.29 is 33.4 Å². The Labute approximate surface area is 187 Å². The van der Waals surface area contributed by atoms with Crippen molar-refractivity contribution in [3.63, 3.8) is 0 Å². The molecule has 1 spiro atoms. The van der Waals surface area contributed by atoms with E-state index in [0.717, 1.165) is 10.5 Å². The Morgan fingerprint density at radius 3 is 2.34 bits per heavy atom. The minimum Gasteiger partial charge on any atom is -0.461 e. The lowest BCUT2D eigenvalue weighted by Gasteiger charge is -2.44. The predicted molar refractivity (Wildman–Crippen MR) is 113 cm³/mol. The van der Waals surface area contributed by atoms with Crippen LogP contribution in [0.1, 0.15) is 52.0 Å². The van der Waals surface area contributed by atoms with Crippen LogP contribution in [-0.4, -0.2) is 64.7 Å². The van der Waals surface area contributed by atoms with Gasteiger partial charge in [-0.1, -0.05) is 30.3 Å². The van der Waals surface area contributed by atoms with Crippen LogP contribution in [-0.2, 0) is 30.4 Å². The number of benzene rings is 1. The highest BCUT2D eigenvalue weighted by molar-refractivity contribution is 5.95. The van der Waals surface area contributed by atoms with E-state index in [9.17, 15) is 19.2 Å². The molecule has 32 heavy (non-hydrogen) atoms. The standard InChI is InChI=1S/C23H30N2O7/c1-22(2,3)31-20(28)24-13-10-23(11-14-24)15-18(26)25(21(29)32-23)12-9-19(27)30-16-17-7-5-4-6-8-17/h4-8H,9-16H2,1-3H3. The molecule has 0 aromatic heterocycles. The molecule has 1 aromatic rings. The SMILES string of the molecule is CC(C)(C)OC(=O)N1CCC2(CC1)CC(=O)N(CCC(=O)OCc1ccccc1)C(=O)O2. The Balaban J connectivity index is 1.46. The van der Waals surface area contributed by atoms with Gasteiger partial charge in [0.2, 0.25) is 5.91 Å². The molecular formula is C23H30N2O7. The van der Waals surface area contributed by atoms with Gasteiger partial charge in [-0.25, -0.2) is 14.5 Å². The fourth-order valence-corrected chi connectivity index (χ4v) is 3.68. The molecule has 2 fully saturated rings. The summed E-state index contributed by atoms with van der Waals surface area (Å²) in [5.41, 5.74) is -0.659. The topological polar surface area (TPSA) is 102 Å². The fraction of sp³-hybridized carbons (Fsp3) is 0.565. The van der Waals surface area contributed by atoms with E-state index in [-0.39, 0.29) is 31.9 Å². The van der Waals surface area contributed by atoms with E-state index in [2.05, 4.69) is 0 Å². The van der Waals surface area contributed by atoms with E-state index >= 15 is 0 Å². The van der Waals surface area contributed by atoms with Gasteiger partial charge in [-0.15, -0.1) is 0 Å². The fourth-order valence-electron chi connectivity index (χ4n) is 3.68. The first-order valence-corrected chi connectivity index (χ1v) is 10.8. The molecule has 0 aliphatic carbocycles. The third-order valence-corrected chi connectivity index (χ3v) is 5.41. The van der Waals surface area contributed by atoms with E-state index < -0.39 is 29.4 Å². The lowest BCUT2D eigenvalue weighted by Crippen LogP contribution is -2.57. The summed E-state index contributed by atoms with van der Waals surface area (Å²) >= 11 is 0. The first kappa shape index (κ1) is 23.6. The quantitative estimate of drug-likeness (QED) is 0.505. The highest BCUT2D eigenvalue weighted by atomic mass is 16.6. The van der Waals surface area contributed by atoms with E-state index in [1.165, 1.54) is 0 Å². The van der Waals surface area contributed by atoms with Crippen molar-refractivity contribution in [2.75, 3.05) is 19.6 Å².